The molecule has 6 heteroatoms. The highest BCUT2D eigenvalue weighted by Gasteiger charge is 2.25. The van der Waals surface area contributed by atoms with Crippen molar-refractivity contribution in [2.24, 2.45) is 11.1 Å². The smallest absolute Gasteiger partial charge is 0.257 e. The van der Waals surface area contributed by atoms with E-state index in [0.29, 0.717) is 6.04 Å². The van der Waals surface area contributed by atoms with Gasteiger partial charge in [0.05, 0.1) is 0 Å². The molecule has 2 rings (SSSR count). The zero-order chi connectivity index (χ0) is 14.0. The van der Waals surface area contributed by atoms with Crippen LogP contribution in [0, 0.1) is 5.92 Å². The number of aryl methyl sites for hydroxylation is 1. The van der Waals surface area contributed by atoms with Gasteiger partial charge in [0.2, 0.25) is 0 Å². The quantitative estimate of drug-likeness (QED) is 0.921. The van der Waals surface area contributed by atoms with Gasteiger partial charge in [-0.2, -0.15) is 0 Å². The minimum absolute atomic E-state index is 0.00275. The van der Waals surface area contributed by atoms with Crippen LogP contribution in [0.15, 0.2) is 11.2 Å². The summed E-state index contributed by atoms with van der Waals surface area (Å²) in [6.07, 6.45) is 8.24. The number of nitrogens with two attached hydrogens (primary N) is 1. The number of primary sulfonamides is 1. The van der Waals surface area contributed by atoms with Crippen molar-refractivity contribution in [3.63, 3.8) is 0 Å². The molecule has 1 aromatic heterocycles. The normalized spacial score (nSPS) is 24.6. The Morgan fingerprint density at radius 3 is 2.74 bits per heavy atom. The zero-order valence-corrected chi connectivity index (χ0v) is 12.5. The van der Waals surface area contributed by atoms with E-state index in [2.05, 4.69) is 11.9 Å². The summed E-state index contributed by atoms with van der Waals surface area (Å²) in [5.74, 6) is 1.56. The SMILES string of the molecule is CCc1nc(S(N)(=O)=O)cn1C1CCCC(CC)C1. The summed E-state index contributed by atoms with van der Waals surface area (Å²) >= 11 is 0. The molecular weight excluding hydrogens is 262 g/mol. The number of nitrogens with zero attached hydrogens (tertiary/aromatic N) is 2. The first kappa shape index (κ1) is 14.5. The first-order valence-electron chi connectivity index (χ1n) is 7.06. The van der Waals surface area contributed by atoms with Crippen LogP contribution in [0.3, 0.4) is 0 Å². The van der Waals surface area contributed by atoms with Gasteiger partial charge >= 0.3 is 0 Å². The summed E-state index contributed by atoms with van der Waals surface area (Å²) in [7, 11) is -3.70. The van der Waals surface area contributed by atoms with Crippen LogP contribution in [0.25, 0.3) is 0 Å². The van der Waals surface area contributed by atoms with Gasteiger partial charge in [0.15, 0.2) is 5.03 Å². The minimum Gasteiger partial charge on any atom is -0.330 e. The molecule has 0 saturated heterocycles. The fourth-order valence-electron chi connectivity index (χ4n) is 3.01. The molecule has 19 heavy (non-hydrogen) atoms. The number of aromatic nitrogens is 2. The van der Waals surface area contributed by atoms with Crippen LogP contribution in [-0.2, 0) is 16.4 Å². The molecule has 1 aromatic rings. The summed E-state index contributed by atoms with van der Waals surface area (Å²) in [6, 6.07) is 0.372. The van der Waals surface area contributed by atoms with Crippen molar-refractivity contribution in [1.29, 1.82) is 0 Å². The molecule has 1 aliphatic rings. The highest BCUT2D eigenvalue weighted by Crippen LogP contribution is 2.35. The molecule has 1 saturated carbocycles. The van der Waals surface area contributed by atoms with E-state index < -0.39 is 10.0 Å². The largest absolute Gasteiger partial charge is 0.330 e. The van der Waals surface area contributed by atoms with E-state index in [1.165, 1.54) is 19.3 Å². The lowest BCUT2D eigenvalue weighted by Gasteiger charge is -2.30. The monoisotopic (exact) mass is 285 g/mol. The molecule has 1 fully saturated rings. The molecule has 2 N–H and O–H groups in total. The summed E-state index contributed by atoms with van der Waals surface area (Å²) < 4.78 is 24.9. The van der Waals surface area contributed by atoms with Crippen molar-refractivity contribution in [2.75, 3.05) is 0 Å². The zero-order valence-electron chi connectivity index (χ0n) is 11.7. The molecule has 5 nitrogen and oxygen atoms in total. The summed E-state index contributed by atoms with van der Waals surface area (Å²) in [5.41, 5.74) is 0. The number of rotatable bonds is 4. The molecule has 0 radical (unpaired) electrons. The Kier molecular flexibility index (Phi) is 4.30. The highest BCUT2D eigenvalue weighted by atomic mass is 32.2. The van der Waals surface area contributed by atoms with Crippen LogP contribution in [0.2, 0.25) is 0 Å². The molecular formula is C13H23N3O2S. The predicted octanol–water partition coefficient (Wildman–Crippen LogP) is 2.23. The van der Waals surface area contributed by atoms with E-state index in [4.69, 9.17) is 5.14 Å². The lowest BCUT2D eigenvalue weighted by Crippen LogP contribution is -2.20. The third-order valence-electron chi connectivity index (χ3n) is 4.12. The average molecular weight is 285 g/mol. The van der Waals surface area contributed by atoms with Gasteiger partial charge in [-0.3, -0.25) is 0 Å². The Labute approximate surface area is 115 Å². The Bertz CT molecular complexity index is 536. The third-order valence-corrected chi connectivity index (χ3v) is 4.90. The summed E-state index contributed by atoms with van der Waals surface area (Å²) in [5, 5.41) is 5.18. The summed E-state index contributed by atoms with van der Waals surface area (Å²) in [6.45, 7) is 4.21. The Morgan fingerprint density at radius 1 is 1.42 bits per heavy atom. The lowest BCUT2D eigenvalue weighted by atomic mass is 9.84. The van der Waals surface area contributed by atoms with Crippen LogP contribution in [0.1, 0.15) is 57.8 Å². The number of hydrogen-bond acceptors (Lipinski definition) is 3. The molecule has 108 valence electrons. The van der Waals surface area contributed by atoms with Gasteiger partial charge in [-0.05, 0) is 18.8 Å². The van der Waals surface area contributed by atoms with E-state index in [9.17, 15) is 8.42 Å². The second kappa shape index (κ2) is 5.63. The van der Waals surface area contributed by atoms with E-state index in [-0.39, 0.29) is 5.03 Å². The van der Waals surface area contributed by atoms with Gasteiger partial charge in [-0.25, -0.2) is 18.5 Å². The number of imidazole rings is 1. The second-order valence-electron chi connectivity index (χ2n) is 5.40. The standard InChI is InChI=1S/C13H23N3O2S/c1-3-10-6-5-7-11(8-10)16-9-13(19(14,17)18)15-12(16)4-2/h9-11H,3-8H2,1-2H3,(H2,14,17,18). The average Bonchev–Trinajstić information content (AvgIpc) is 2.83. The van der Waals surface area contributed by atoms with Crippen LogP contribution in [0.4, 0.5) is 0 Å². The molecule has 0 aliphatic heterocycles. The van der Waals surface area contributed by atoms with Crippen molar-refractivity contribution in [1.82, 2.24) is 9.55 Å². The van der Waals surface area contributed by atoms with Crippen molar-refractivity contribution in [2.45, 2.75) is 63.4 Å². The molecule has 0 amide bonds. The van der Waals surface area contributed by atoms with E-state index in [1.807, 2.05) is 11.5 Å². The highest BCUT2D eigenvalue weighted by molar-refractivity contribution is 7.89. The van der Waals surface area contributed by atoms with E-state index >= 15 is 0 Å². The van der Waals surface area contributed by atoms with Crippen molar-refractivity contribution >= 4 is 10.0 Å². The van der Waals surface area contributed by atoms with Gasteiger partial charge in [0.1, 0.15) is 5.82 Å². The fourth-order valence-corrected chi connectivity index (χ4v) is 3.50. The van der Waals surface area contributed by atoms with E-state index in [1.54, 1.807) is 6.20 Å². The maximum Gasteiger partial charge on any atom is 0.257 e. The third kappa shape index (κ3) is 3.17. The van der Waals surface area contributed by atoms with Crippen LogP contribution < -0.4 is 5.14 Å². The Balaban J connectivity index is 2.30. The van der Waals surface area contributed by atoms with Gasteiger partial charge in [-0.15, -0.1) is 0 Å². The fraction of sp³-hybridized carbons (Fsp3) is 0.769. The van der Waals surface area contributed by atoms with Gasteiger partial charge in [0, 0.05) is 18.7 Å². The molecule has 1 heterocycles. The molecule has 1 aliphatic carbocycles. The van der Waals surface area contributed by atoms with Gasteiger partial charge in [-0.1, -0.05) is 33.1 Å². The van der Waals surface area contributed by atoms with E-state index in [0.717, 1.165) is 31.0 Å². The van der Waals surface area contributed by atoms with Crippen LogP contribution >= 0.6 is 0 Å². The molecule has 2 atom stereocenters. The molecule has 2 unspecified atom stereocenters. The minimum atomic E-state index is -3.70. The van der Waals surface area contributed by atoms with Gasteiger partial charge in [0.25, 0.3) is 10.0 Å². The first-order valence-corrected chi connectivity index (χ1v) is 8.60. The Hall–Kier alpha value is -0.880. The molecule has 0 bridgehead atoms. The maximum absolute atomic E-state index is 11.4. The van der Waals surface area contributed by atoms with Gasteiger partial charge < -0.3 is 4.57 Å². The summed E-state index contributed by atoms with van der Waals surface area (Å²) in [4.78, 5) is 4.18. The number of sulfonamides is 1. The molecule has 0 spiro atoms. The maximum atomic E-state index is 11.4. The first-order chi connectivity index (χ1) is 8.95. The Morgan fingerprint density at radius 2 is 2.16 bits per heavy atom. The lowest BCUT2D eigenvalue weighted by molar-refractivity contribution is 0.257. The molecule has 0 aromatic carbocycles. The number of hydrogen-bond donors (Lipinski definition) is 1. The van der Waals surface area contributed by atoms with Crippen molar-refractivity contribution in [3.05, 3.63) is 12.0 Å². The van der Waals surface area contributed by atoms with Crippen molar-refractivity contribution < 1.29 is 8.42 Å². The predicted molar refractivity (Wildman–Crippen MR) is 74.3 cm³/mol. The van der Waals surface area contributed by atoms with Crippen LogP contribution in [-0.4, -0.2) is 18.0 Å². The van der Waals surface area contributed by atoms with Crippen molar-refractivity contribution in [3.8, 4) is 0 Å². The van der Waals surface area contributed by atoms with Crippen LogP contribution in [0.5, 0.6) is 0 Å². The topological polar surface area (TPSA) is 78.0 Å². The second-order valence-corrected chi connectivity index (χ2v) is 6.90.